The van der Waals surface area contributed by atoms with Gasteiger partial charge in [0, 0.05) is 0 Å². The molecule has 1 saturated heterocycles. The standard InChI is InChI=1S/C6H10O9S.2Na/c7-3-2(15-16(11,12)13)1-14-5(4(3)8)6(9)10;;/h2-5,7-8H,1H2,(H,9,10)(H,11,12,13);;/q;2*+1/p-2/t2?,3?,4-,5?;;/m0../s1. The fourth-order valence-corrected chi connectivity index (χ4v) is 1.71. The van der Waals surface area contributed by atoms with E-state index in [1.807, 2.05) is 0 Å². The van der Waals surface area contributed by atoms with Crippen LogP contribution in [0.5, 0.6) is 0 Å². The number of hydrogen-bond donors (Lipinski definition) is 2. The second-order valence-corrected chi connectivity index (χ2v) is 4.11. The van der Waals surface area contributed by atoms with Gasteiger partial charge in [0.05, 0.1) is 12.6 Å². The van der Waals surface area contributed by atoms with Crippen molar-refractivity contribution in [2.75, 3.05) is 6.61 Å². The molecule has 0 bridgehead atoms. The van der Waals surface area contributed by atoms with Crippen LogP contribution in [0, 0.1) is 0 Å². The van der Waals surface area contributed by atoms with Crippen LogP contribution in [0.2, 0.25) is 0 Å². The summed E-state index contributed by atoms with van der Waals surface area (Å²) in [7, 11) is -5.08. The number of aliphatic carboxylic acids is 1. The average Bonchev–Trinajstić information content (AvgIpc) is 2.10. The van der Waals surface area contributed by atoms with Gasteiger partial charge in [-0.05, 0) is 0 Å². The Balaban J connectivity index is 0. The number of carbonyl (C=O) groups is 1. The molecule has 1 aliphatic heterocycles. The van der Waals surface area contributed by atoms with Crippen molar-refractivity contribution in [1.29, 1.82) is 0 Å². The smallest absolute Gasteiger partial charge is 0.726 e. The molecule has 0 spiro atoms. The van der Waals surface area contributed by atoms with Gasteiger partial charge in [-0.25, -0.2) is 8.42 Å². The average molecular weight is 302 g/mol. The molecule has 1 heterocycles. The van der Waals surface area contributed by atoms with Crippen molar-refractivity contribution in [2.45, 2.75) is 24.4 Å². The molecule has 12 heteroatoms. The third-order valence-electron chi connectivity index (χ3n) is 1.95. The molecule has 4 atom stereocenters. The second-order valence-electron chi connectivity index (χ2n) is 3.10. The summed E-state index contributed by atoms with van der Waals surface area (Å²) in [5.74, 6) is -1.77. The normalized spacial score (nSPS) is 31.9. The van der Waals surface area contributed by atoms with Crippen molar-refractivity contribution < 1.29 is 101 Å². The van der Waals surface area contributed by atoms with E-state index in [1.165, 1.54) is 0 Å². The van der Waals surface area contributed by atoms with Crippen LogP contribution in [0.25, 0.3) is 0 Å². The first-order valence-corrected chi connectivity index (χ1v) is 5.38. The summed E-state index contributed by atoms with van der Waals surface area (Å²) >= 11 is 0. The van der Waals surface area contributed by atoms with E-state index in [9.17, 15) is 33.1 Å². The Morgan fingerprint density at radius 1 is 1.28 bits per heavy atom. The minimum absolute atomic E-state index is 0. The quantitative estimate of drug-likeness (QED) is 0.293. The second kappa shape index (κ2) is 8.49. The minimum atomic E-state index is -5.08. The van der Waals surface area contributed by atoms with Crippen molar-refractivity contribution in [1.82, 2.24) is 0 Å². The number of aliphatic hydroxyl groups is 2. The molecule has 94 valence electrons. The van der Waals surface area contributed by atoms with Gasteiger partial charge >= 0.3 is 59.1 Å². The predicted octanol–water partition coefficient (Wildman–Crippen LogP) is -10.3. The molecule has 0 radical (unpaired) electrons. The summed E-state index contributed by atoms with van der Waals surface area (Å²) in [6, 6.07) is 0. The van der Waals surface area contributed by atoms with Crippen molar-refractivity contribution in [3.05, 3.63) is 0 Å². The van der Waals surface area contributed by atoms with Gasteiger partial charge in [0.15, 0.2) is 0 Å². The van der Waals surface area contributed by atoms with Crippen LogP contribution in [0.3, 0.4) is 0 Å². The van der Waals surface area contributed by atoms with Gasteiger partial charge in [0.25, 0.3) is 0 Å². The fraction of sp³-hybridized carbons (Fsp3) is 0.833. The van der Waals surface area contributed by atoms with Crippen LogP contribution in [-0.4, -0.2) is 60.2 Å². The molecule has 0 aromatic heterocycles. The monoisotopic (exact) mass is 302 g/mol. The molecule has 1 rings (SSSR count). The van der Waals surface area contributed by atoms with E-state index in [0.29, 0.717) is 0 Å². The van der Waals surface area contributed by atoms with Crippen LogP contribution in [0.1, 0.15) is 0 Å². The molecule has 1 fully saturated rings. The maximum Gasteiger partial charge on any atom is 1.00 e. The zero-order valence-corrected chi connectivity index (χ0v) is 14.5. The van der Waals surface area contributed by atoms with Crippen LogP contribution in [0.15, 0.2) is 0 Å². The van der Waals surface area contributed by atoms with E-state index < -0.39 is 47.4 Å². The molecule has 1 aliphatic rings. The first-order chi connectivity index (χ1) is 7.22. The van der Waals surface area contributed by atoms with Crippen LogP contribution in [0.4, 0.5) is 0 Å². The zero-order chi connectivity index (χ0) is 12.5. The Labute approximate surface area is 147 Å². The number of rotatable bonds is 3. The molecule has 0 aliphatic carbocycles. The topological polar surface area (TPSA) is 156 Å². The van der Waals surface area contributed by atoms with Crippen molar-refractivity contribution in [2.24, 2.45) is 0 Å². The summed E-state index contributed by atoms with van der Waals surface area (Å²) in [5, 5.41) is 28.8. The van der Waals surface area contributed by atoms with Gasteiger partial charge in [0.1, 0.15) is 24.4 Å². The SMILES string of the molecule is O=C([O-])C1OCC(OS(=O)(=O)[O-])C(O)[C@@H]1O.[Na+].[Na+]. The van der Waals surface area contributed by atoms with Crippen LogP contribution in [-0.2, 0) is 24.1 Å². The Kier molecular flexibility index (Phi) is 10.2. The van der Waals surface area contributed by atoms with Gasteiger partial charge < -0.3 is 29.4 Å². The summed E-state index contributed by atoms with van der Waals surface area (Å²) in [6.45, 7) is -0.668. The van der Waals surface area contributed by atoms with E-state index in [2.05, 4.69) is 8.92 Å². The number of carboxylic acid groups (broad SMARTS) is 1. The van der Waals surface area contributed by atoms with Gasteiger partial charge in [0.2, 0.25) is 10.4 Å². The summed E-state index contributed by atoms with van der Waals surface area (Å²) < 4.78 is 39.0. The molecule has 0 aromatic carbocycles. The van der Waals surface area contributed by atoms with Gasteiger partial charge in [-0.1, -0.05) is 0 Å². The third kappa shape index (κ3) is 6.11. The summed E-state index contributed by atoms with van der Waals surface area (Å²) in [5.41, 5.74) is 0. The third-order valence-corrected chi connectivity index (χ3v) is 2.44. The number of ether oxygens (including phenoxy) is 1. The Morgan fingerprint density at radius 3 is 2.17 bits per heavy atom. The van der Waals surface area contributed by atoms with Gasteiger partial charge in [-0.2, -0.15) is 0 Å². The fourth-order valence-electron chi connectivity index (χ4n) is 1.24. The maximum absolute atomic E-state index is 10.4. The van der Waals surface area contributed by atoms with Crippen molar-refractivity contribution >= 4 is 16.4 Å². The Hall–Kier alpha value is 1.22. The summed E-state index contributed by atoms with van der Waals surface area (Å²) in [4.78, 5) is 10.4. The summed E-state index contributed by atoms with van der Waals surface area (Å²) in [6.07, 6.45) is -7.26. The first kappa shape index (κ1) is 21.5. The van der Waals surface area contributed by atoms with E-state index in [0.717, 1.165) is 0 Å². The van der Waals surface area contributed by atoms with Crippen molar-refractivity contribution in [3.8, 4) is 0 Å². The van der Waals surface area contributed by atoms with Crippen molar-refractivity contribution in [3.63, 3.8) is 0 Å². The number of carbonyl (C=O) groups excluding carboxylic acids is 1. The Bertz CT molecular complexity index is 371. The molecule has 18 heavy (non-hydrogen) atoms. The van der Waals surface area contributed by atoms with Gasteiger partial charge in [-0.15, -0.1) is 0 Å². The molecule has 0 aromatic rings. The van der Waals surface area contributed by atoms with E-state index in [-0.39, 0.29) is 59.1 Å². The molecule has 3 unspecified atom stereocenters. The molecule has 0 saturated carbocycles. The van der Waals surface area contributed by atoms with Crippen LogP contribution >= 0.6 is 0 Å². The molecule has 0 amide bonds. The molecular formula is C6H8Na2O9S. The van der Waals surface area contributed by atoms with Crippen LogP contribution < -0.4 is 64.2 Å². The largest absolute Gasteiger partial charge is 1.00 e. The number of carboxylic acids is 1. The molecule has 2 N–H and O–H groups in total. The molecular weight excluding hydrogens is 294 g/mol. The predicted molar refractivity (Wildman–Crippen MR) is 41.3 cm³/mol. The van der Waals surface area contributed by atoms with E-state index in [1.54, 1.807) is 0 Å². The van der Waals surface area contributed by atoms with Gasteiger partial charge in [-0.3, -0.25) is 4.18 Å². The maximum atomic E-state index is 10.4. The molecule has 9 nitrogen and oxygen atoms in total. The Morgan fingerprint density at radius 2 is 1.78 bits per heavy atom. The minimum Gasteiger partial charge on any atom is -0.726 e. The van der Waals surface area contributed by atoms with E-state index in [4.69, 9.17) is 0 Å². The van der Waals surface area contributed by atoms with E-state index >= 15 is 0 Å². The number of aliphatic hydroxyl groups excluding tert-OH is 2. The zero-order valence-electron chi connectivity index (χ0n) is 9.68. The first-order valence-electron chi connectivity index (χ1n) is 4.05. The number of hydrogen-bond acceptors (Lipinski definition) is 9.